The number of hydrogen-bond acceptors (Lipinski definition) is 2. The highest BCUT2D eigenvalue weighted by Gasteiger charge is 2.34. The summed E-state index contributed by atoms with van der Waals surface area (Å²) in [5, 5.41) is 3.76. The molecule has 3 fully saturated rings. The van der Waals surface area contributed by atoms with Crippen molar-refractivity contribution in [2.24, 2.45) is 5.92 Å². The van der Waals surface area contributed by atoms with E-state index in [-0.39, 0.29) is 18.3 Å². The molecule has 0 unspecified atom stereocenters. The normalized spacial score (nSPS) is 28.6. The van der Waals surface area contributed by atoms with E-state index < -0.39 is 0 Å². The molecule has 1 amide bonds. The lowest BCUT2D eigenvalue weighted by molar-refractivity contribution is 0.0620. The Morgan fingerprint density at radius 1 is 1.32 bits per heavy atom. The Morgan fingerprint density at radius 2 is 2.05 bits per heavy atom. The molecule has 104 valence electrons. The van der Waals surface area contributed by atoms with Gasteiger partial charge in [-0.15, -0.1) is 12.4 Å². The molecule has 3 heterocycles. The summed E-state index contributed by atoms with van der Waals surface area (Å²) in [6.45, 7) is 3.37. The highest BCUT2D eigenvalue weighted by molar-refractivity contribution is 6.30. The maximum Gasteiger partial charge on any atom is 0.251 e. The van der Waals surface area contributed by atoms with Crippen LogP contribution in [-0.2, 0) is 0 Å². The molecule has 1 aromatic carbocycles. The minimum atomic E-state index is -0.00347. The predicted molar refractivity (Wildman–Crippen MR) is 79.1 cm³/mol. The Hall–Kier alpha value is -0.770. The molecular weight excluding hydrogens is 283 g/mol. The minimum Gasteiger partial charge on any atom is -0.348 e. The maximum atomic E-state index is 12.2. The van der Waals surface area contributed by atoms with Crippen LogP contribution < -0.4 is 5.32 Å². The fraction of sp³-hybridized carbons (Fsp3) is 0.500. The summed E-state index contributed by atoms with van der Waals surface area (Å²) in [6.07, 6.45) is 2.42. The monoisotopic (exact) mass is 300 g/mol. The van der Waals surface area contributed by atoms with Gasteiger partial charge in [0.25, 0.3) is 5.91 Å². The molecular formula is C14H18Cl2N2O. The quantitative estimate of drug-likeness (QED) is 0.910. The molecule has 1 N–H and O–H groups in total. The molecule has 0 aromatic heterocycles. The summed E-state index contributed by atoms with van der Waals surface area (Å²) in [4.78, 5) is 14.6. The Labute approximate surface area is 124 Å². The first-order valence-corrected chi connectivity index (χ1v) is 6.89. The summed E-state index contributed by atoms with van der Waals surface area (Å²) in [6, 6.07) is 7.43. The van der Waals surface area contributed by atoms with Crippen molar-refractivity contribution in [1.29, 1.82) is 0 Å². The van der Waals surface area contributed by atoms with Crippen molar-refractivity contribution >= 4 is 29.9 Å². The van der Waals surface area contributed by atoms with Gasteiger partial charge in [-0.2, -0.15) is 0 Å². The highest BCUT2D eigenvalue weighted by atomic mass is 35.5. The average Bonchev–Trinajstić information content (AvgIpc) is 2.40. The van der Waals surface area contributed by atoms with Gasteiger partial charge in [-0.25, -0.2) is 0 Å². The first-order valence-electron chi connectivity index (χ1n) is 6.51. The van der Waals surface area contributed by atoms with Crippen molar-refractivity contribution in [2.75, 3.05) is 19.6 Å². The molecule has 4 rings (SSSR count). The third kappa shape index (κ3) is 3.22. The standard InChI is InChI=1S/C14H17ClN2O.ClH/c15-12-3-1-2-11(8-12)14(18)16-13-9-17-6-4-10(13)5-7-17;/h1-3,8,10,13H,4-7,9H2,(H,16,18);1H/t13-;/m1./s1. The van der Waals surface area contributed by atoms with E-state index in [0.29, 0.717) is 22.5 Å². The van der Waals surface area contributed by atoms with Crippen molar-refractivity contribution < 1.29 is 4.79 Å². The van der Waals surface area contributed by atoms with Crippen molar-refractivity contribution in [3.63, 3.8) is 0 Å². The van der Waals surface area contributed by atoms with E-state index in [2.05, 4.69) is 10.2 Å². The minimum absolute atomic E-state index is 0. The van der Waals surface area contributed by atoms with Crippen LogP contribution in [0.15, 0.2) is 24.3 Å². The van der Waals surface area contributed by atoms with E-state index >= 15 is 0 Å². The third-order valence-electron chi connectivity index (χ3n) is 4.06. The Kier molecular flexibility index (Phi) is 4.71. The van der Waals surface area contributed by atoms with Crippen LogP contribution in [0.2, 0.25) is 5.02 Å². The first-order chi connectivity index (χ1) is 8.72. The number of nitrogens with one attached hydrogen (secondary N) is 1. The molecule has 0 aliphatic carbocycles. The number of carbonyl (C=O) groups is 1. The fourth-order valence-corrected chi connectivity index (χ4v) is 3.20. The molecule has 1 atom stereocenters. The topological polar surface area (TPSA) is 32.3 Å². The van der Waals surface area contributed by atoms with Gasteiger partial charge in [0.1, 0.15) is 0 Å². The Bertz CT molecular complexity index is 459. The predicted octanol–water partition coefficient (Wildman–Crippen LogP) is 2.59. The van der Waals surface area contributed by atoms with Gasteiger partial charge in [-0.05, 0) is 50.0 Å². The van der Waals surface area contributed by atoms with Crippen LogP contribution in [0, 0.1) is 5.92 Å². The van der Waals surface area contributed by atoms with Crippen molar-refractivity contribution in [3.05, 3.63) is 34.9 Å². The van der Waals surface area contributed by atoms with Crippen LogP contribution in [-0.4, -0.2) is 36.5 Å². The van der Waals surface area contributed by atoms with Crippen molar-refractivity contribution in [1.82, 2.24) is 10.2 Å². The molecule has 1 aromatic rings. The zero-order valence-electron chi connectivity index (χ0n) is 10.6. The van der Waals surface area contributed by atoms with Crippen LogP contribution in [0.5, 0.6) is 0 Å². The molecule has 0 radical (unpaired) electrons. The van der Waals surface area contributed by atoms with Crippen molar-refractivity contribution in [3.8, 4) is 0 Å². The lowest BCUT2D eigenvalue weighted by Gasteiger charge is -2.44. The summed E-state index contributed by atoms with van der Waals surface area (Å²) in [5.41, 5.74) is 0.652. The lowest BCUT2D eigenvalue weighted by Crippen LogP contribution is -2.57. The van der Waals surface area contributed by atoms with Gasteiger partial charge < -0.3 is 10.2 Å². The zero-order valence-corrected chi connectivity index (χ0v) is 12.2. The molecule has 3 aliphatic rings. The number of halogens is 2. The second kappa shape index (κ2) is 6.12. The fourth-order valence-electron chi connectivity index (χ4n) is 3.01. The first kappa shape index (κ1) is 14.6. The van der Waals surface area contributed by atoms with Gasteiger partial charge in [0.2, 0.25) is 0 Å². The third-order valence-corrected chi connectivity index (χ3v) is 4.29. The number of piperidine rings is 3. The van der Waals surface area contributed by atoms with Crippen LogP contribution in [0.1, 0.15) is 23.2 Å². The number of benzene rings is 1. The number of fused-ring (bicyclic) bond motifs is 3. The molecule has 19 heavy (non-hydrogen) atoms. The number of carbonyl (C=O) groups excluding carboxylic acids is 1. The average molecular weight is 301 g/mol. The molecule has 0 spiro atoms. The van der Waals surface area contributed by atoms with E-state index in [1.54, 1.807) is 12.1 Å². The van der Waals surface area contributed by atoms with Gasteiger partial charge in [0.05, 0.1) is 0 Å². The van der Waals surface area contributed by atoms with E-state index in [4.69, 9.17) is 11.6 Å². The van der Waals surface area contributed by atoms with E-state index in [0.717, 1.165) is 6.54 Å². The summed E-state index contributed by atoms with van der Waals surface area (Å²) >= 11 is 5.91. The summed E-state index contributed by atoms with van der Waals surface area (Å²) in [5.74, 6) is 0.648. The summed E-state index contributed by atoms with van der Waals surface area (Å²) < 4.78 is 0. The number of nitrogens with zero attached hydrogens (tertiary/aromatic N) is 1. The van der Waals surface area contributed by atoms with Gasteiger partial charge in [0, 0.05) is 23.2 Å². The van der Waals surface area contributed by atoms with Gasteiger partial charge in [0.15, 0.2) is 0 Å². The lowest BCUT2D eigenvalue weighted by atomic mass is 9.84. The molecule has 3 saturated heterocycles. The summed E-state index contributed by atoms with van der Waals surface area (Å²) in [7, 11) is 0. The molecule has 0 saturated carbocycles. The zero-order chi connectivity index (χ0) is 12.5. The van der Waals surface area contributed by atoms with E-state index in [1.807, 2.05) is 12.1 Å². The molecule has 5 heteroatoms. The van der Waals surface area contributed by atoms with Crippen LogP contribution in [0.4, 0.5) is 0 Å². The van der Waals surface area contributed by atoms with Gasteiger partial charge in [-0.1, -0.05) is 17.7 Å². The Morgan fingerprint density at radius 3 is 2.63 bits per heavy atom. The number of rotatable bonds is 2. The van der Waals surface area contributed by atoms with Crippen LogP contribution >= 0.6 is 24.0 Å². The van der Waals surface area contributed by atoms with Crippen LogP contribution in [0.25, 0.3) is 0 Å². The van der Waals surface area contributed by atoms with Crippen molar-refractivity contribution in [2.45, 2.75) is 18.9 Å². The van der Waals surface area contributed by atoms with Gasteiger partial charge >= 0.3 is 0 Å². The van der Waals surface area contributed by atoms with Crippen LogP contribution in [0.3, 0.4) is 0 Å². The van der Waals surface area contributed by atoms with Gasteiger partial charge in [-0.3, -0.25) is 4.79 Å². The van der Waals surface area contributed by atoms with E-state index in [1.165, 1.54) is 25.9 Å². The highest BCUT2D eigenvalue weighted by Crippen LogP contribution is 2.27. The maximum absolute atomic E-state index is 12.2. The number of hydrogen-bond donors (Lipinski definition) is 1. The molecule has 2 bridgehead atoms. The molecule has 3 nitrogen and oxygen atoms in total. The SMILES string of the molecule is Cl.O=C(N[C@@H]1CN2CCC1CC2)c1cccc(Cl)c1. The van der Waals surface area contributed by atoms with E-state index in [9.17, 15) is 4.79 Å². The Balaban J connectivity index is 0.00000133. The number of amides is 1. The second-order valence-electron chi connectivity index (χ2n) is 5.23. The molecule has 3 aliphatic heterocycles. The second-order valence-corrected chi connectivity index (χ2v) is 5.66. The smallest absolute Gasteiger partial charge is 0.251 e. The largest absolute Gasteiger partial charge is 0.348 e.